The maximum Gasteiger partial charge on any atom is 0.335 e. The Labute approximate surface area is 183 Å². The van der Waals surface area contributed by atoms with E-state index in [1.165, 1.54) is 102 Å². The van der Waals surface area contributed by atoms with Crippen LogP contribution in [0.25, 0.3) is 0 Å². The van der Waals surface area contributed by atoms with Gasteiger partial charge in [0.15, 0.2) is 0 Å². The first-order valence-corrected chi connectivity index (χ1v) is 10.5. The van der Waals surface area contributed by atoms with Crippen LogP contribution in [0, 0.1) is 6.92 Å². The smallest absolute Gasteiger partial charge is 0.335 e. The van der Waals surface area contributed by atoms with Crippen LogP contribution >= 0.6 is 12.4 Å². The molecule has 5 N–H and O–H groups in total. The fraction of sp³-hybridized carbons (Fsp3) is 0.652. The third kappa shape index (κ3) is 16.0. The Balaban J connectivity index is -0.000000437. The van der Waals surface area contributed by atoms with Gasteiger partial charge in [0.2, 0.25) is 0 Å². The molecule has 0 radical (unpaired) electrons. The molecule has 0 spiro atoms. The summed E-state index contributed by atoms with van der Waals surface area (Å²) in [6.45, 7) is 6.05. The Morgan fingerprint density at radius 2 is 0.966 bits per heavy atom. The SMILES string of the molecule is CCCCCCCCCCCCCC.Cc1c(C(=O)O)cccc1C(=O)O.Cl.N. The van der Waals surface area contributed by atoms with E-state index in [0.717, 1.165) is 0 Å². The van der Waals surface area contributed by atoms with Gasteiger partial charge < -0.3 is 16.4 Å². The molecule has 0 saturated carbocycles. The van der Waals surface area contributed by atoms with Gasteiger partial charge in [0.1, 0.15) is 0 Å². The molecule has 1 aromatic carbocycles. The van der Waals surface area contributed by atoms with Crippen molar-refractivity contribution in [3.8, 4) is 0 Å². The number of unbranched alkanes of at least 4 members (excludes halogenated alkanes) is 11. The van der Waals surface area contributed by atoms with Crippen molar-refractivity contribution < 1.29 is 19.8 Å². The molecule has 0 fully saturated rings. The van der Waals surface area contributed by atoms with E-state index in [1.54, 1.807) is 0 Å². The van der Waals surface area contributed by atoms with E-state index >= 15 is 0 Å². The molecule has 6 heteroatoms. The molecule has 0 aromatic heterocycles. The third-order valence-corrected chi connectivity index (χ3v) is 4.75. The van der Waals surface area contributed by atoms with Crippen molar-refractivity contribution in [3.63, 3.8) is 0 Å². The minimum atomic E-state index is -1.11. The van der Waals surface area contributed by atoms with E-state index in [4.69, 9.17) is 10.2 Å². The number of carbonyl (C=O) groups is 2. The van der Waals surface area contributed by atoms with E-state index in [0.29, 0.717) is 0 Å². The molecule has 0 aliphatic rings. The molecule has 170 valence electrons. The van der Waals surface area contributed by atoms with Crippen LogP contribution in [0.4, 0.5) is 0 Å². The molecule has 1 rings (SSSR count). The average Bonchev–Trinajstić information content (AvgIpc) is 2.63. The first kappa shape index (κ1) is 32.1. The average molecular weight is 432 g/mol. The first-order valence-electron chi connectivity index (χ1n) is 10.5. The van der Waals surface area contributed by atoms with Crippen molar-refractivity contribution >= 4 is 24.3 Å². The zero-order chi connectivity index (χ0) is 20.5. The molecule has 1 aromatic rings. The Hall–Kier alpha value is -1.59. The van der Waals surface area contributed by atoms with Gasteiger partial charge in [-0.2, -0.15) is 0 Å². The first-order chi connectivity index (χ1) is 13.0. The molecule has 0 bridgehead atoms. The minimum Gasteiger partial charge on any atom is -0.478 e. The fourth-order valence-corrected chi connectivity index (χ4v) is 3.01. The lowest BCUT2D eigenvalue weighted by molar-refractivity contribution is 0.0696. The fourth-order valence-electron chi connectivity index (χ4n) is 3.01. The highest BCUT2D eigenvalue weighted by molar-refractivity contribution is 5.96. The molecule has 0 unspecified atom stereocenters. The minimum absolute atomic E-state index is 0. The zero-order valence-electron chi connectivity index (χ0n) is 18.5. The summed E-state index contributed by atoms with van der Waals surface area (Å²) in [5, 5.41) is 17.4. The van der Waals surface area contributed by atoms with Crippen molar-refractivity contribution in [2.75, 3.05) is 0 Å². The zero-order valence-corrected chi connectivity index (χ0v) is 19.4. The Bertz CT molecular complexity index is 505. The number of hydrogen-bond acceptors (Lipinski definition) is 3. The normalized spacial score (nSPS) is 9.48. The molecular formula is C23H42ClNO4. The van der Waals surface area contributed by atoms with Crippen molar-refractivity contribution in [1.29, 1.82) is 0 Å². The van der Waals surface area contributed by atoms with Crippen LogP contribution in [-0.2, 0) is 0 Å². The predicted octanol–water partition coefficient (Wildman–Crippen LogP) is 7.68. The van der Waals surface area contributed by atoms with Gasteiger partial charge >= 0.3 is 11.9 Å². The highest BCUT2D eigenvalue weighted by atomic mass is 35.5. The van der Waals surface area contributed by atoms with Crippen molar-refractivity contribution in [2.45, 2.75) is 97.8 Å². The summed E-state index contributed by atoms with van der Waals surface area (Å²) in [5.41, 5.74) is 0.335. The summed E-state index contributed by atoms with van der Waals surface area (Å²) in [7, 11) is 0. The highest BCUT2D eigenvalue weighted by Crippen LogP contribution is 2.13. The second-order valence-electron chi connectivity index (χ2n) is 7.12. The third-order valence-electron chi connectivity index (χ3n) is 4.75. The van der Waals surface area contributed by atoms with Crippen LogP contribution in [-0.4, -0.2) is 22.2 Å². The molecule has 5 nitrogen and oxygen atoms in total. The molecule has 0 aliphatic carbocycles. The molecular weight excluding hydrogens is 390 g/mol. The Morgan fingerprint density at radius 1 is 0.690 bits per heavy atom. The standard InChI is InChI=1S/C14H30.C9H8O4.ClH.H3N/c1-3-5-7-9-11-13-14-12-10-8-6-4-2;1-5-6(8(10)11)3-2-4-7(5)9(12)13;;/h3-14H2,1-2H3;2-4H,1H3,(H,10,11)(H,12,13);1H;1H3. The van der Waals surface area contributed by atoms with Gasteiger partial charge in [-0.3, -0.25) is 0 Å². The Morgan fingerprint density at radius 3 is 1.21 bits per heavy atom. The van der Waals surface area contributed by atoms with Crippen molar-refractivity contribution in [1.82, 2.24) is 6.15 Å². The van der Waals surface area contributed by atoms with Gasteiger partial charge in [-0.15, -0.1) is 12.4 Å². The Kier molecular flexibility index (Phi) is 23.4. The molecule has 29 heavy (non-hydrogen) atoms. The van der Waals surface area contributed by atoms with E-state index in [-0.39, 0.29) is 35.2 Å². The van der Waals surface area contributed by atoms with Gasteiger partial charge in [0.25, 0.3) is 0 Å². The lowest BCUT2D eigenvalue weighted by Crippen LogP contribution is -2.06. The maximum absolute atomic E-state index is 10.6. The molecule has 0 saturated heterocycles. The predicted molar refractivity (Wildman–Crippen MR) is 124 cm³/mol. The molecule has 0 aliphatic heterocycles. The van der Waals surface area contributed by atoms with Crippen LogP contribution in [0.3, 0.4) is 0 Å². The lowest BCUT2D eigenvalue weighted by Gasteiger charge is -2.03. The summed E-state index contributed by atoms with van der Waals surface area (Å²) in [5.74, 6) is -2.22. The number of halogens is 1. The van der Waals surface area contributed by atoms with Crippen molar-refractivity contribution in [2.24, 2.45) is 0 Å². The molecule has 0 atom stereocenters. The van der Waals surface area contributed by atoms with Gasteiger partial charge in [-0.05, 0) is 24.6 Å². The van der Waals surface area contributed by atoms with E-state index in [1.807, 2.05) is 0 Å². The number of hydrogen-bond donors (Lipinski definition) is 3. The molecule has 0 amide bonds. The number of rotatable bonds is 13. The number of carboxylic acid groups (broad SMARTS) is 2. The number of carboxylic acids is 2. The topological polar surface area (TPSA) is 110 Å². The van der Waals surface area contributed by atoms with E-state index in [9.17, 15) is 9.59 Å². The summed E-state index contributed by atoms with van der Waals surface area (Å²) in [6.07, 6.45) is 17.4. The van der Waals surface area contributed by atoms with Gasteiger partial charge in [-0.25, -0.2) is 9.59 Å². The van der Waals surface area contributed by atoms with Crippen LogP contribution < -0.4 is 6.15 Å². The quantitative estimate of drug-likeness (QED) is 0.277. The summed E-state index contributed by atoms with van der Waals surface area (Å²) >= 11 is 0. The second kappa shape index (κ2) is 21.1. The highest BCUT2D eigenvalue weighted by Gasteiger charge is 2.13. The second-order valence-corrected chi connectivity index (χ2v) is 7.12. The van der Waals surface area contributed by atoms with Gasteiger partial charge in [0, 0.05) is 0 Å². The van der Waals surface area contributed by atoms with Crippen LogP contribution in [0.2, 0.25) is 0 Å². The monoisotopic (exact) mass is 431 g/mol. The lowest BCUT2D eigenvalue weighted by atomic mass is 10.0. The summed E-state index contributed by atoms with van der Waals surface area (Å²) in [6, 6.07) is 4.17. The van der Waals surface area contributed by atoms with Crippen LogP contribution in [0.5, 0.6) is 0 Å². The van der Waals surface area contributed by atoms with Gasteiger partial charge in [-0.1, -0.05) is 97.0 Å². The molecule has 0 heterocycles. The van der Waals surface area contributed by atoms with E-state index < -0.39 is 11.9 Å². The van der Waals surface area contributed by atoms with Crippen LogP contribution in [0.15, 0.2) is 18.2 Å². The van der Waals surface area contributed by atoms with Gasteiger partial charge in [0.05, 0.1) is 11.1 Å². The number of benzene rings is 1. The van der Waals surface area contributed by atoms with Crippen molar-refractivity contribution in [3.05, 3.63) is 34.9 Å². The summed E-state index contributed by atoms with van der Waals surface area (Å²) < 4.78 is 0. The summed E-state index contributed by atoms with van der Waals surface area (Å²) in [4.78, 5) is 21.2. The van der Waals surface area contributed by atoms with Crippen LogP contribution in [0.1, 0.15) is 117 Å². The largest absolute Gasteiger partial charge is 0.478 e. The maximum atomic E-state index is 10.6. The number of aromatic carboxylic acids is 2. The van der Waals surface area contributed by atoms with E-state index in [2.05, 4.69) is 13.8 Å².